The number of hydrogen-bond donors (Lipinski definition) is 1. The first-order chi connectivity index (χ1) is 14.0. The number of esters is 1. The highest BCUT2D eigenvalue weighted by Gasteiger charge is 2.16. The quantitative estimate of drug-likeness (QED) is 0.516. The van der Waals surface area contributed by atoms with Gasteiger partial charge in [-0.05, 0) is 36.8 Å². The molecule has 0 radical (unpaired) electrons. The summed E-state index contributed by atoms with van der Waals surface area (Å²) in [5.41, 5.74) is 1.56. The lowest BCUT2D eigenvalue weighted by atomic mass is 10.1. The molecule has 0 saturated heterocycles. The van der Waals surface area contributed by atoms with E-state index in [0.29, 0.717) is 23.6 Å². The van der Waals surface area contributed by atoms with Crippen LogP contribution in [0.25, 0.3) is 6.08 Å². The monoisotopic (exact) mass is 399 g/mol. The molecular formula is C22H25NO6. The number of para-hydroxylation sites is 1. The van der Waals surface area contributed by atoms with Crippen LogP contribution in [0.15, 0.2) is 48.5 Å². The van der Waals surface area contributed by atoms with Crippen molar-refractivity contribution in [3.05, 3.63) is 59.7 Å². The minimum atomic E-state index is -0.933. The first kappa shape index (κ1) is 21.8. The molecule has 0 aromatic heterocycles. The summed E-state index contributed by atoms with van der Waals surface area (Å²) in [5, 5.41) is 2.73. The van der Waals surface area contributed by atoms with Crippen LogP contribution in [0.4, 0.5) is 0 Å². The average molecular weight is 399 g/mol. The van der Waals surface area contributed by atoms with Crippen LogP contribution in [0.1, 0.15) is 18.1 Å². The Morgan fingerprint density at radius 3 is 2.34 bits per heavy atom. The predicted octanol–water partition coefficient (Wildman–Crippen LogP) is 2.97. The van der Waals surface area contributed by atoms with Gasteiger partial charge in [0.05, 0.1) is 21.3 Å². The molecule has 0 fully saturated rings. The van der Waals surface area contributed by atoms with E-state index in [0.717, 1.165) is 11.3 Å². The summed E-state index contributed by atoms with van der Waals surface area (Å²) in [6, 6.07) is 12.6. The van der Waals surface area contributed by atoms with E-state index in [1.54, 1.807) is 31.4 Å². The van der Waals surface area contributed by atoms with E-state index >= 15 is 0 Å². The lowest BCUT2D eigenvalue weighted by molar-refractivity contribution is -0.150. The summed E-state index contributed by atoms with van der Waals surface area (Å²) >= 11 is 0. The molecule has 154 valence electrons. The molecule has 0 saturated carbocycles. The molecule has 0 aliphatic heterocycles. The van der Waals surface area contributed by atoms with E-state index in [2.05, 4.69) is 5.32 Å². The molecule has 29 heavy (non-hydrogen) atoms. The van der Waals surface area contributed by atoms with Gasteiger partial charge < -0.3 is 24.3 Å². The first-order valence-corrected chi connectivity index (χ1v) is 8.98. The SMILES string of the molecule is COc1ccc(CNC(=O)[C@H](C)OC(=O)/C=C/c2cccc(OC)c2OC)cc1. The normalized spacial score (nSPS) is 11.6. The van der Waals surface area contributed by atoms with Gasteiger partial charge in [0.25, 0.3) is 5.91 Å². The van der Waals surface area contributed by atoms with Gasteiger partial charge in [-0.15, -0.1) is 0 Å². The molecule has 0 unspecified atom stereocenters. The van der Waals surface area contributed by atoms with Gasteiger partial charge in [0.1, 0.15) is 5.75 Å². The predicted molar refractivity (Wildman–Crippen MR) is 109 cm³/mol. The number of rotatable bonds is 9. The van der Waals surface area contributed by atoms with Crippen molar-refractivity contribution in [2.45, 2.75) is 19.6 Å². The fraction of sp³-hybridized carbons (Fsp3) is 0.273. The number of benzene rings is 2. The average Bonchev–Trinajstić information content (AvgIpc) is 2.75. The zero-order valence-electron chi connectivity index (χ0n) is 16.9. The highest BCUT2D eigenvalue weighted by molar-refractivity contribution is 5.90. The molecule has 7 heteroatoms. The van der Waals surface area contributed by atoms with Gasteiger partial charge in [-0.3, -0.25) is 4.79 Å². The zero-order valence-corrected chi connectivity index (χ0v) is 16.9. The number of nitrogens with one attached hydrogen (secondary N) is 1. The Bertz CT molecular complexity index is 860. The molecule has 2 aromatic carbocycles. The molecule has 0 bridgehead atoms. The van der Waals surface area contributed by atoms with Crippen LogP contribution in [0.2, 0.25) is 0 Å². The second-order valence-corrected chi connectivity index (χ2v) is 6.06. The summed E-state index contributed by atoms with van der Waals surface area (Å²) in [6.45, 7) is 1.84. The minimum Gasteiger partial charge on any atom is -0.497 e. The van der Waals surface area contributed by atoms with Crippen molar-refractivity contribution in [3.63, 3.8) is 0 Å². The highest BCUT2D eigenvalue weighted by Crippen LogP contribution is 2.31. The molecule has 2 aromatic rings. The van der Waals surface area contributed by atoms with Crippen molar-refractivity contribution in [3.8, 4) is 17.2 Å². The van der Waals surface area contributed by atoms with E-state index in [4.69, 9.17) is 18.9 Å². The van der Waals surface area contributed by atoms with Crippen LogP contribution in [0.5, 0.6) is 17.2 Å². The highest BCUT2D eigenvalue weighted by atomic mass is 16.5. The Balaban J connectivity index is 1.89. The maximum atomic E-state index is 12.2. The van der Waals surface area contributed by atoms with Crippen molar-refractivity contribution in [1.82, 2.24) is 5.32 Å². The van der Waals surface area contributed by atoms with E-state index in [9.17, 15) is 9.59 Å². The fourth-order valence-electron chi connectivity index (χ4n) is 2.54. The molecule has 7 nitrogen and oxygen atoms in total. The molecular weight excluding hydrogens is 374 g/mol. The van der Waals surface area contributed by atoms with Gasteiger partial charge in [-0.25, -0.2) is 4.79 Å². The van der Waals surface area contributed by atoms with E-state index in [1.807, 2.05) is 24.3 Å². The van der Waals surface area contributed by atoms with E-state index in [1.165, 1.54) is 27.2 Å². The Hall–Kier alpha value is -3.48. The van der Waals surface area contributed by atoms with Crippen molar-refractivity contribution < 1.29 is 28.5 Å². The minimum absolute atomic E-state index is 0.321. The van der Waals surface area contributed by atoms with Crippen LogP contribution < -0.4 is 19.5 Å². The topological polar surface area (TPSA) is 83.1 Å². The lowest BCUT2D eigenvalue weighted by Crippen LogP contribution is -2.35. The van der Waals surface area contributed by atoms with E-state index < -0.39 is 12.1 Å². The second kappa shape index (κ2) is 10.8. The Labute approximate surface area is 170 Å². The molecule has 2 rings (SSSR count). The number of carbonyl (C=O) groups excluding carboxylic acids is 2. The third-order valence-corrected chi connectivity index (χ3v) is 4.12. The largest absolute Gasteiger partial charge is 0.497 e. The maximum absolute atomic E-state index is 12.2. The van der Waals surface area contributed by atoms with Crippen LogP contribution in [-0.2, 0) is 20.9 Å². The molecule has 0 heterocycles. The molecule has 1 atom stereocenters. The molecule has 0 spiro atoms. The van der Waals surface area contributed by atoms with Crippen molar-refractivity contribution in [2.24, 2.45) is 0 Å². The number of ether oxygens (including phenoxy) is 4. The Morgan fingerprint density at radius 2 is 1.72 bits per heavy atom. The van der Waals surface area contributed by atoms with Gasteiger partial charge in [-0.2, -0.15) is 0 Å². The van der Waals surface area contributed by atoms with E-state index in [-0.39, 0.29) is 5.91 Å². The fourth-order valence-corrected chi connectivity index (χ4v) is 2.54. The lowest BCUT2D eigenvalue weighted by Gasteiger charge is -2.13. The second-order valence-electron chi connectivity index (χ2n) is 6.06. The summed E-state index contributed by atoms with van der Waals surface area (Å²) in [6.07, 6.45) is 1.86. The first-order valence-electron chi connectivity index (χ1n) is 8.98. The summed E-state index contributed by atoms with van der Waals surface area (Å²) < 4.78 is 20.8. The molecule has 1 N–H and O–H groups in total. The zero-order chi connectivity index (χ0) is 21.2. The van der Waals surface area contributed by atoms with Crippen molar-refractivity contribution >= 4 is 18.0 Å². The van der Waals surface area contributed by atoms with Gasteiger partial charge in [0.15, 0.2) is 17.6 Å². The van der Waals surface area contributed by atoms with Crippen molar-refractivity contribution in [1.29, 1.82) is 0 Å². The molecule has 0 aliphatic carbocycles. The number of methoxy groups -OCH3 is 3. The van der Waals surface area contributed by atoms with Crippen LogP contribution in [-0.4, -0.2) is 39.3 Å². The van der Waals surface area contributed by atoms with Gasteiger partial charge in [-0.1, -0.05) is 24.3 Å². The molecule has 0 aliphatic rings. The third kappa shape index (κ3) is 6.27. The van der Waals surface area contributed by atoms with Crippen LogP contribution >= 0.6 is 0 Å². The van der Waals surface area contributed by atoms with Crippen LogP contribution in [0.3, 0.4) is 0 Å². The smallest absolute Gasteiger partial charge is 0.331 e. The van der Waals surface area contributed by atoms with Crippen molar-refractivity contribution in [2.75, 3.05) is 21.3 Å². The Morgan fingerprint density at radius 1 is 1.00 bits per heavy atom. The molecule has 1 amide bonds. The Kier molecular flexibility index (Phi) is 8.09. The third-order valence-electron chi connectivity index (χ3n) is 4.12. The summed E-state index contributed by atoms with van der Waals surface area (Å²) in [4.78, 5) is 24.2. The summed E-state index contributed by atoms with van der Waals surface area (Å²) in [7, 11) is 4.64. The summed E-state index contributed by atoms with van der Waals surface area (Å²) in [5.74, 6) is 0.768. The van der Waals surface area contributed by atoms with Gasteiger partial charge in [0.2, 0.25) is 0 Å². The van der Waals surface area contributed by atoms with Crippen LogP contribution in [0, 0.1) is 0 Å². The van der Waals surface area contributed by atoms with Gasteiger partial charge in [0, 0.05) is 18.2 Å². The number of hydrogen-bond acceptors (Lipinski definition) is 6. The van der Waals surface area contributed by atoms with Gasteiger partial charge >= 0.3 is 5.97 Å². The standard InChI is InChI=1S/C22H25NO6/c1-15(22(25)23-14-16-8-11-18(26-2)12-9-16)29-20(24)13-10-17-6-5-7-19(27-3)21(17)28-4/h5-13,15H,14H2,1-4H3,(H,23,25)/b13-10+/t15-/m0/s1. The maximum Gasteiger partial charge on any atom is 0.331 e. The number of carbonyl (C=O) groups is 2. The number of amides is 1.